The fourth-order valence-corrected chi connectivity index (χ4v) is 8.43. The van der Waals surface area contributed by atoms with Crippen molar-refractivity contribution in [3.8, 4) is 39.3 Å². The average molecular weight is 629 g/mol. The van der Waals surface area contributed by atoms with Crippen molar-refractivity contribution in [3.63, 3.8) is 0 Å². The Kier molecular flexibility index (Phi) is 6.08. The number of fused-ring (bicyclic) bond motifs is 10. The van der Waals surface area contributed by atoms with Crippen molar-refractivity contribution < 1.29 is 0 Å². The molecule has 0 unspecified atom stereocenters. The zero-order valence-electron chi connectivity index (χ0n) is 26.0. The van der Waals surface area contributed by atoms with Crippen molar-refractivity contribution in [3.05, 3.63) is 169 Å². The largest absolute Gasteiger partial charge is 0.309 e. The predicted octanol–water partition coefficient (Wildman–Crippen LogP) is 12.7. The van der Waals surface area contributed by atoms with Crippen LogP contribution in [0.3, 0.4) is 0 Å². The summed E-state index contributed by atoms with van der Waals surface area (Å²) in [7, 11) is 0. The second-order valence-electron chi connectivity index (χ2n) is 12.4. The maximum Gasteiger partial charge on any atom is 0.0715 e. The summed E-state index contributed by atoms with van der Waals surface area (Å²) in [6.45, 7) is 0. The van der Waals surface area contributed by atoms with Crippen molar-refractivity contribution in [2.45, 2.75) is 0 Å². The summed E-state index contributed by atoms with van der Waals surface area (Å²) in [6.07, 6.45) is 0. The van der Waals surface area contributed by atoms with Crippen LogP contribution < -0.4 is 0 Å². The third-order valence-electron chi connectivity index (χ3n) is 9.62. The molecule has 0 saturated heterocycles. The van der Waals surface area contributed by atoms with Crippen LogP contribution >= 0.6 is 11.3 Å². The lowest BCUT2D eigenvalue weighted by Crippen LogP contribution is -1.96. The van der Waals surface area contributed by atoms with E-state index in [1.165, 1.54) is 53.4 Å². The number of nitrogens with zero attached hydrogens (tertiary/aromatic N) is 2. The standard InChI is InChI=1S/C45H28N2S/c1-3-12-29(13-4-1)39-27-33(28-40(46-39)30-14-5-2-6-15-30)32-16-11-17-34(26-32)47-41-23-22-31-24-25-48-45(31)43(41)42-37-20-9-7-18-35(37)36-19-8-10-21-38(36)44(42)47/h1-28H. The number of hydrogen-bond donors (Lipinski definition) is 0. The first-order valence-electron chi connectivity index (χ1n) is 16.3. The van der Waals surface area contributed by atoms with Gasteiger partial charge in [0.25, 0.3) is 0 Å². The summed E-state index contributed by atoms with van der Waals surface area (Å²) in [5.41, 5.74) is 10.1. The van der Waals surface area contributed by atoms with E-state index in [4.69, 9.17) is 4.98 Å². The van der Waals surface area contributed by atoms with Gasteiger partial charge in [-0.15, -0.1) is 11.3 Å². The van der Waals surface area contributed by atoms with Gasteiger partial charge >= 0.3 is 0 Å². The Hall–Kier alpha value is -6.03. The zero-order chi connectivity index (χ0) is 31.6. The monoisotopic (exact) mass is 628 g/mol. The first kappa shape index (κ1) is 27.1. The van der Waals surface area contributed by atoms with Gasteiger partial charge in [-0.25, -0.2) is 4.98 Å². The quantitative estimate of drug-likeness (QED) is 0.177. The van der Waals surface area contributed by atoms with Crippen LogP contribution in [0.5, 0.6) is 0 Å². The van der Waals surface area contributed by atoms with Gasteiger partial charge in [0.15, 0.2) is 0 Å². The molecule has 0 saturated carbocycles. The van der Waals surface area contributed by atoms with E-state index in [-0.39, 0.29) is 0 Å². The minimum Gasteiger partial charge on any atom is -0.309 e. The Balaban J connectivity index is 1.29. The van der Waals surface area contributed by atoms with Crippen LogP contribution in [0.15, 0.2) is 169 Å². The van der Waals surface area contributed by atoms with Crippen LogP contribution in [-0.2, 0) is 0 Å². The predicted molar refractivity (Wildman–Crippen MR) is 205 cm³/mol. The fourth-order valence-electron chi connectivity index (χ4n) is 7.48. The summed E-state index contributed by atoms with van der Waals surface area (Å²) in [6, 6.07) is 59.0. The summed E-state index contributed by atoms with van der Waals surface area (Å²) in [4.78, 5) is 5.14. The van der Waals surface area contributed by atoms with Crippen molar-refractivity contribution in [1.29, 1.82) is 0 Å². The van der Waals surface area contributed by atoms with Crippen molar-refractivity contribution in [2.24, 2.45) is 0 Å². The minimum atomic E-state index is 0.965. The van der Waals surface area contributed by atoms with Crippen LogP contribution in [0.2, 0.25) is 0 Å². The van der Waals surface area contributed by atoms with Crippen molar-refractivity contribution in [1.82, 2.24) is 9.55 Å². The van der Waals surface area contributed by atoms with E-state index < -0.39 is 0 Å². The van der Waals surface area contributed by atoms with Gasteiger partial charge in [-0.05, 0) is 74.5 Å². The van der Waals surface area contributed by atoms with E-state index >= 15 is 0 Å². The zero-order valence-corrected chi connectivity index (χ0v) is 26.8. The van der Waals surface area contributed by atoms with E-state index in [1.54, 1.807) is 0 Å². The molecule has 0 aliphatic heterocycles. The minimum absolute atomic E-state index is 0.965. The van der Waals surface area contributed by atoms with E-state index in [1.807, 2.05) is 11.3 Å². The van der Waals surface area contributed by atoms with Gasteiger partial charge in [-0.1, -0.05) is 127 Å². The second kappa shape index (κ2) is 10.8. The molecular weight excluding hydrogens is 601 g/mol. The Bertz CT molecular complexity index is 2770. The molecule has 3 aromatic heterocycles. The molecule has 224 valence electrons. The molecule has 0 bridgehead atoms. The van der Waals surface area contributed by atoms with Gasteiger partial charge in [0.05, 0.1) is 22.4 Å². The lowest BCUT2D eigenvalue weighted by molar-refractivity contribution is 1.19. The van der Waals surface area contributed by atoms with Crippen LogP contribution in [0, 0.1) is 0 Å². The van der Waals surface area contributed by atoms with E-state index in [2.05, 4.69) is 174 Å². The number of benzene rings is 7. The molecule has 0 spiro atoms. The summed E-state index contributed by atoms with van der Waals surface area (Å²) >= 11 is 1.83. The van der Waals surface area contributed by atoms with Gasteiger partial charge in [-0.3, -0.25) is 0 Å². The summed E-state index contributed by atoms with van der Waals surface area (Å²) in [5, 5.41) is 11.3. The van der Waals surface area contributed by atoms with Gasteiger partial charge in [0, 0.05) is 37.7 Å². The number of thiophene rings is 1. The SMILES string of the molecule is c1ccc(-c2cc(-c3cccc(-n4c5ccc6ccsc6c5c5c6ccccc6c6ccccc6c54)c3)cc(-c3ccccc3)n2)cc1. The molecule has 48 heavy (non-hydrogen) atoms. The van der Waals surface area contributed by atoms with Gasteiger partial charge in [0.1, 0.15) is 0 Å². The van der Waals surface area contributed by atoms with E-state index in [0.717, 1.165) is 39.3 Å². The fraction of sp³-hybridized carbons (Fsp3) is 0. The summed E-state index contributed by atoms with van der Waals surface area (Å²) < 4.78 is 3.83. The summed E-state index contributed by atoms with van der Waals surface area (Å²) in [5.74, 6) is 0. The Morgan fingerprint density at radius 1 is 0.438 bits per heavy atom. The third-order valence-corrected chi connectivity index (χ3v) is 10.6. The smallest absolute Gasteiger partial charge is 0.0715 e. The van der Waals surface area contributed by atoms with Gasteiger partial charge in [0.2, 0.25) is 0 Å². The molecule has 10 aromatic rings. The lowest BCUT2D eigenvalue weighted by Gasteiger charge is -2.14. The topological polar surface area (TPSA) is 17.8 Å². The van der Waals surface area contributed by atoms with Crippen LogP contribution in [-0.4, -0.2) is 9.55 Å². The molecule has 0 radical (unpaired) electrons. The highest BCUT2D eigenvalue weighted by Gasteiger charge is 2.21. The number of hydrogen-bond acceptors (Lipinski definition) is 2. The third kappa shape index (κ3) is 4.15. The van der Waals surface area contributed by atoms with Crippen molar-refractivity contribution in [2.75, 3.05) is 0 Å². The first-order chi connectivity index (χ1) is 23.8. The molecule has 2 nitrogen and oxygen atoms in total. The normalized spacial score (nSPS) is 11.8. The average Bonchev–Trinajstić information content (AvgIpc) is 3.79. The highest BCUT2D eigenvalue weighted by molar-refractivity contribution is 7.18. The van der Waals surface area contributed by atoms with Crippen LogP contribution in [0.4, 0.5) is 0 Å². The molecule has 0 amide bonds. The highest BCUT2D eigenvalue weighted by atomic mass is 32.1. The number of pyridine rings is 1. The molecule has 3 heteroatoms. The number of aromatic nitrogens is 2. The van der Waals surface area contributed by atoms with Crippen LogP contribution in [0.25, 0.3) is 92.8 Å². The van der Waals surface area contributed by atoms with E-state index in [0.29, 0.717) is 0 Å². The number of rotatable bonds is 4. The van der Waals surface area contributed by atoms with Gasteiger partial charge in [-0.2, -0.15) is 0 Å². The highest BCUT2D eigenvalue weighted by Crippen LogP contribution is 2.46. The lowest BCUT2D eigenvalue weighted by atomic mass is 9.96. The molecule has 10 rings (SSSR count). The Morgan fingerprint density at radius 2 is 1.04 bits per heavy atom. The van der Waals surface area contributed by atoms with E-state index in [9.17, 15) is 0 Å². The Morgan fingerprint density at radius 3 is 1.75 bits per heavy atom. The molecule has 0 N–H and O–H groups in total. The first-order valence-corrected chi connectivity index (χ1v) is 17.2. The molecule has 0 aliphatic rings. The van der Waals surface area contributed by atoms with Gasteiger partial charge < -0.3 is 4.57 Å². The molecule has 0 atom stereocenters. The van der Waals surface area contributed by atoms with Crippen molar-refractivity contribution >= 4 is 64.8 Å². The molecular formula is C45H28N2S. The molecule has 0 aliphatic carbocycles. The molecule has 0 fully saturated rings. The molecule has 3 heterocycles. The molecule has 7 aromatic carbocycles. The maximum atomic E-state index is 5.14. The maximum absolute atomic E-state index is 5.14. The van der Waals surface area contributed by atoms with Crippen LogP contribution in [0.1, 0.15) is 0 Å². The second-order valence-corrected chi connectivity index (χ2v) is 13.3. The Labute approximate surface area is 281 Å².